The van der Waals surface area contributed by atoms with Gasteiger partial charge in [-0.05, 0) is 69.4 Å². The number of carbonyl (C=O) groups excluding carboxylic acids is 2. The van der Waals surface area contributed by atoms with Gasteiger partial charge in [0.1, 0.15) is 11.8 Å². The summed E-state index contributed by atoms with van der Waals surface area (Å²) >= 11 is 5.58. The molecule has 1 aliphatic heterocycles. The summed E-state index contributed by atoms with van der Waals surface area (Å²) in [5.74, 6) is 0.318. The lowest BCUT2D eigenvalue weighted by molar-refractivity contribution is -0.124. The van der Waals surface area contributed by atoms with E-state index in [0.29, 0.717) is 23.1 Å². The highest BCUT2D eigenvalue weighted by atomic mass is 32.1. The van der Waals surface area contributed by atoms with Crippen LogP contribution in [0.15, 0.2) is 54.6 Å². The fourth-order valence-electron chi connectivity index (χ4n) is 3.38. The molecule has 0 aliphatic carbocycles. The standard InChI is InChI=1S/C22H25N3O3S/c1-4-28-18-12-10-16(11-13-18)23-20(26)14-19-21(27)25(17-8-6-5-7-9-17)22(29)24(19)15(2)3/h5-13,15,19H,4,14H2,1-3H3,(H,23,26)/t19-/m0/s1. The molecule has 6 nitrogen and oxygen atoms in total. The maximum Gasteiger partial charge on any atom is 0.256 e. The van der Waals surface area contributed by atoms with Crippen molar-refractivity contribution in [3.63, 3.8) is 0 Å². The van der Waals surface area contributed by atoms with E-state index in [2.05, 4.69) is 5.32 Å². The Morgan fingerprint density at radius 2 is 1.79 bits per heavy atom. The van der Waals surface area contributed by atoms with Crippen molar-refractivity contribution < 1.29 is 14.3 Å². The molecule has 1 heterocycles. The first-order valence-electron chi connectivity index (χ1n) is 9.66. The average Bonchev–Trinajstić information content (AvgIpc) is 2.94. The zero-order chi connectivity index (χ0) is 21.0. The van der Waals surface area contributed by atoms with Crippen LogP contribution in [-0.2, 0) is 9.59 Å². The third-order valence-electron chi connectivity index (χ3n) is 4.65. The first-order chi connectivity index (χ1) is 13.9. The van der Waals surface area contributed by atoms with Gasteiger partial charge in [0, 0.05) is 11.7 Å². The Hall–Kier alpha value is -2.93. The van der Waals surface area contributed by atoms with Crippen molar-refractivity contribution in [2.75, 3.05) is 16.8 Å². The van der Waals surface area contributed by atoms with Gasteiger partial charge in [-0.3, -0.25) is 14.5 Å². The molecular formula is C22H25N3O3S. The minimum absolute atomic E-state index is 0.0107. The van der Waals surface area contributed by atoms with Crippen molar-refractivity contribution in [2.45, 2.75) is 39.3 Å². The summed E-state index contributed by atoms with van der Waals surface area (Å²) in [5, 5.41) is 3.28. The van der Waals surface area contributed by atoms with Gasteiger partial charge in [0.15, 0.2) is 5.11 Å². The molecule has 0 aromatic heterocycles. The first kappa shape index (κ1) is 20.8. The smallest absolute Gasteiger partial charge is 0.256 e. The highest BCUT2D eigenvalue weighted by molar-refractivity contribution is 7.80. The van der Waals surface area contributed by atoms with E-state index in [9.17, 15) is 9.59 Å². The molecule has 2 aromatic rings. The van der Waals surface area contributed by atoms with Crippen LogP contribution in [0.3, 0.4) is 0 Å². The molecule has 0 unspecified atom stereocenters. The molecule has 0 radical (unpaired) electrons. The number of benzene rings is 2. The molecule has 29 heavy (non-hydrogen) atoms. The van der Waals surface area contributed by atoms with Crippen LogP contribution in [0, 0.1) is 0 Å². The number of anilines is 2. The van der Waals surface area contributed by atoms with Crippen molar-refractivity contribution in [1.82, 2.24) is 4.90 Å². The summed E-state index contributed by atoms with van der Waals surface area (Å²) in [6.07, 6.45) is 0.0215. The largest absolute Gasteiger partial charge is 0.494 e. The number of hydrogen-bond donors (Lipinski definition) is 1. The van der Waals surface area contributed by atoms with Crippen molar-refractivity contribution in [3.05, 3.63) is 54.6 Å². The monoisotopic (exact) mass is 411 g/mol. The zero-order valence-electron chi connectivity index (χ0n) is 16.8. The number of hydrogen-bond acceptors (Lipinski definition) is 4. The summed E-state index contributed by atoms with van der Waals surface area (Å²) in [4.78, 5) is 29.1. The Morgan fingerprint density at radius 3 is 2.38 bits per heavy atom. The van der Waals surface area contributed by atoms with Crippen molar-refractivity contribution in [1.29, 1.82) is 0 Å². The van der Waals surface area contributed by atoms with Gasteiger partial charge in [-0.25, -0.2) is 0 Å². The highest BCUT2D eigenvalue weighted by Gasteiger charge is 2.45. The van der Waals surface area contributed by atoms with Crippen LogP contribution in [0.25, 0.3) is 0 Å². The number of carbonyl (C=O) groups is 2. The minimum atomic E-state index is -0.634. The summed E-state index contributed by atoms with van der Waals surface area (Å²) < 4.78 is 5.41. The van der Waals surface area contributed by atoms with Gasteiger partial charge in [0.05, 0.1) is 18.7 Å². The van der Waals surface area contributed by atoms with E-state index in [4.69, 9.17) is 17.0 Å². The Kier molecular flexibility index (Phi) is 6.49. The molecule has 1 N–H and O–H groups in total. The van der Waals surface area contributed by atoms with Gasteiger partial charge in [0.25, 0.3) is 5.91 Å². The molecule has 7 heteroatoms. The van der Waals surface area contributed by atoms with E-state index >= 15 is 0 Å². The van der Waals surface area contributed by atoms with Crippen LogP contribution in [0.1, 0.15) is 27.2 Å². The predicted molar refractivity (Wildman–Crippen MR) is 118 cm³/mol. The van der Waals surface area contributed by atoms with Crippen LogP contribution in [0.5, 0.6) is 5.75 Å². The van der Waals surface area contributed by atoms with Gasteiger partial charge in [-0.2, -0.15) is 0 Å². The molecule has 0 spiro atoms. The van der Waals surface area contributed by atoms with E-state index < -0.39 is 6.04 Å². The van der Waals surface area contributed by atoms with E-state index in [0.717, 1.165) is 5.75 Å². The quantitative estimate of drug-likeness (QED) is 0.702. The van der Waals surface area contributed by atoms with Crippen molar-refractivity contribution in [3.8, 4) is 5.75 Å². The summed E-state index contributed by atoms with van der Waals surface area (Å²) in [6, 6.07) is 15.8. The maximum absolute atomic E-state index is 13.1. The van der Waals surface area contributed by atoms with Crippen LogP contribution < -0.4 is 15.0 Å². The van der Waals surface area contributed by atoms with Gasteiger partial charge < -0.3 is 15.0 Å². The fraction of sp³-hybridized carbons (Fsp3) is 0.318. The Balaban J connectivity index is 1.74. The van der Waals surface area contributed by atoms with Gasteiger partial charge in [0.2, 0.25) is 5.91 Å². The summed E-state index contributed by atoms with van der Waals surface area (Å²) in [6.45, 7) is 6.42. The lowest BCUT2D eigenvalue weighted by atomic mass is 10.1. The van der Waals surface area contributed by atoms with E-state index in [1.54, 1.807) is 24.3 Å². The van der Waals surface area contributed by atoms with Crippen LogP contribution in [0.2, 0.25) is 0 Å². The van der Waals surface area contributed by atoms with Crippen LogP contribution in [0.4, 0.5) is 11.4 Å². The van der Waals surface area contributed by atoms with E-state index in [1.807, 2.05) is 56.0 Å². The van der Waals surface area contributed by atoms with Gasteiger partial charge in [-0.1, -0.05) is 18.2 Å². The molecule has 1 fully saturated rings. The molecule has 3 rings (SSSR count). The number of amides is 2. The Labute approximate surface area is 176 Å². The second-order valence-corrected chi connectivity index (χ2v) is 7.38. The Morgan fingerprint density at radius 1 is 1.14 bits per heavy atom. The average molecular weight is 412 g/mol. The molecule has 0 bridgehead atoms. The second kappa shape index (κ2) is 9.05. The zero-order valence-corrected chi connectivity index (χ0v) is 17.6. The molecule has 0 saturated carbocycles. The number of para-hydroxylation sites is 1. The summed E-state index contributed by atoms with van der Waals surface area (Å²) in [7, 11) is 0. The van der Waals surface area contributed by atoms with Gasteiger partial charge in [-0.15, -0.1) is 0 Å². The third-order valence-corrected chi connectivity index (χ3v) is 5.05. The number of thiocarbonyl (C=S) groups is 1. The van der Waals surface area contributed by atoms with Crippen LogP contribution in [-0.4, -0.2) is 40.5 Å². The molecule has 152 valence electrons. The molecule has 2 aromatic carbocycles. The number of rotatable bonds is 7. The summed E-state index contributed by atoms with van der Waals surface area (Å²) in [5.41, 5.74) is 1.37. The predicted octanol–water partition coefficient (Wildman–Crippen LogP) is 3.82. The SMILES string of the molecule is CCOc1ccc(NC(=O)C[C@H]2C(=O)N(c3ccccc3)C(=S)N2C(C)C)cc1. The minimum Gasteiger partial charge on any atom is -0.494 e. The maximum atomic E-state index is 13.1. The topological polar surface area (TPSA) is 61.9 Å². The van der Waals surface area contributed by atoms with Crippen LogP contribution >= 0.6 is 12.2 Å². The lowest BCUT2D eigenvalue weighted by Gasteiger charge is -2.27. The molecular weight excluding hydrogens is 386 g/mol. The molecule has 1 aliphatic rings. The van der Waals surface area contributed by atoms with Crippen molar-refractivity contribution >= 4 is 40.5 Å². The molecule has 2 amide bonds. The first-order valence-corrected chi connectivity index (χ1v) is 10.1. The van der Waals surface area contributed by atoms with Crippen molar-refractivity contribution in [2.24, 2.45) is 0 Å². The normalized spacial score (nSPS) is 16.5. The molecule has 1 atom stereocenters. The number of nitrogens with one attached hydrogen (secondary N) is 1. The lowest BCUT2D eigenvalue weighted by Crippen LogP contribution is -2.42. The third kappa shape index (κ3) is 4.56. The Bertz CT molecular complexity index is 884. The highest BCUT2D eigenvalue weighted by Crippen LogP contribution is 2.29. The molecule has 1 saturated heterocycles. The van der Waals surface area contributed by atoms with E-state index in [1.165, 1.54) is 4.90 Å². The fourth-order valence-corrected chi connectivity index (χ4v) is 3.91. The number of nitrogens with zero attached hydrogens (tertiary/aromatic N) is 2. The van der Waals surface area contributed by atoms with E-state index in [-0.39, 0.29) is 24.3 Å². The van der Waals surface area contributed by atoms with Gasteiger partial charge >= 0.3 is 0 Å². The second-order valence-electron chi connectivity index (χ2n) is 7.02. The number of ether oxygens (including phenoxy) is 1.